The van der Waals surface area contributed by atoms with E-state index < -0.39 is 23.4 Å². The summed E-state index contributed by atoms with van der Waals surface area (Å²) >= 11 is 5.51. The standard InChI is InChI=1S/C9H12ClN3O3/c1-6(10)8(14)12-9(15)13-2-3-16-7(4-11)5-13/h6-7H,2-3,5H2,1H3,(H,12,14,15). The van der Waals surface area contributed by atoms with Crippen molar-refractivity contribution in [3.8, 4) is 6.07 Å². The molecule has 2 unspecified atom stereocenters. The van der Waals surface area contributed by atoms with Crippen LogP contribution in [0.2, 0.25) is 0 Å². The first kappa shape index (κ1) is 12.7. The van der Waals surface area contributed by atoms with E-state index in [0.717, 1.165) is 0 Å². The van der Waals surface area contributed by atoms with Crippen molar-refractivity contribution in [1.29, 1.82) is 5.26 Å². The van der Waals surface area contributed by atoms with Crippen LogP contribution in [-0.2, 0) is 9.53 Å². The lowest BCUT2D eigenvalue weighted by molar-refractivity contribution is -0.119. The molecule has 7 heteroatoms. The monoisotopic (exact) mass is 245 g/mol. The Morgan fingerprint density at radius 3 is 2.94 bits per heavy atom. The van der Waals surface area contributed by atoms with Crippen LogP contribution in [-0.4, -0.2) is 48.0 Å². The molecular formula is C9H12ClN3O3. The van der Waals surface area contributed by atoms with Gasteiger partial charge in [-0.25, -0.2) is 4.79 Å². The molecule has 0 aromatic carbocycles. The lowest BCUT2D eigenvalue weighted by Gasteiger charge is -2.29. The summed E-state index contributed by atoms with van der Waals surface area (Å²) in [6, 6.07) is 1.37. The number of carbonyl (C=O) groups excluding carboxylic acids is 2. The summed E-state index contributed by atoms with van der Waals surface area (Å²) in [5.41, 5.74) is 0. The topological polar surface area (TPSA) is 82.4 Å². The molecule has 0 spiro atoms. The summed E-state index contributed by atoms with van der Waals surface area (Å²) in [5.74, 6) is -0.549. The lowest BCUT2D eigenvalue weighted by Crippen LogP contribution is -2.51. The highest BCUT2D eigenvalue weighted by Crippen LogP contribution is 2.04. The molecule has 1 aliphatic heterocycles. The van der Waals surface area contributed by atoms with E-state index in [1.54, 1.807) is 0 Å². The van der Waals surface area contributed by atoms with Crippen molar-refractivity contribution >= 4 is 23.5 Å². The maximum atomic E-state index is 11.5. The highest BCUT2D eigenvalue weighted by Gasteiger charge is 2.25. The van der Waals surface area contributed by atoms with Crippen LogP contribution >= 0.6 is 11.6 Å². The molecule has 6 nitrogen and oxygen atoms in total. The van der Waals surface area contributed by atoms with Gasteiger partial charge in [-0.1, -0.05) is 0 Å². The molecular weight excluding hydrogens is 234 g/mol. The molecule has 1 aliphatic rings. The third kappa shape index (κ3) is 3.36. The molecule has 88 valence electrons. The second-order valence-corrected chi connectivity index (χ2v) is 4.00. The van der Waals surface area contributed by atoms with E-state index in [-0.39, 0.29) is 13.2 Å². The van der Waals surface area contributed by atoms with E-state index in [2.05, 4.69) is 5.32 Å². The lowest BCUT2D eigenvalue weighted by atomic mass is 10.3. The Bertz CT molecular complexity index is 326. The summed E-state index contributed by atoms with van der Waals surface area (Å²) in [6.45, 7) is 2.28. The number of rotatable bonds is 1. The quantitative estimate of drug-likeness (QED) is 0.663. The van der Waals surface area contributed by atoms with E-state index in [9.17, 15) is 9.59 Å². The molecule has 0 saturated carbocycles. The Morgan fingerprint density at radius 1 is 1.69 bits per heavy atom. The molecule has 16 heavy (non-hydrogen) atoms. The van der Waals surface area contributed by atoms with Crippen LogP contribution in [0.25, 0.3) is 0 Å². The van der Waals surface area contributed by atoms with Crippen molar-refractivity contribution in [3.05, 3.63) is 0 Å². The summed E-state index contributed by atoms with van der Waals surface area (Å²) in [6.07, 6.45) is -0.636. The number of hydrogen-bond acceptors (Lipinski definition) is 4. The summed E-state index contributed by atoms with van der Waals surface area (Å²) in [4.78, 5) is 24.1. The zero-order chi connectivity index (χ0) is 12.1. The molecule has 1 saturated heterocycles. The number of nitrogens with zero attached hydrogens (tertiary/aromatic N) is 2. The van der Waals surface area contributed by atoms with Gasteiger partial charge in [0.1, 0.15) is 5.38 Å². The largest absolute Gasteiger partial charge is 0.360 e. The average Bonchev–Trinajstić information content (AvgIpc) is 2.28. The van der Waals surface area contributed by atoms with Gasteiger partial charge in [0.25, 0.3) is 0 Å². The van der Waals surface area contributed by atoms with Gasteiger partial charge < -0.3 is 9.64 Å². The molecule has 0 radical (unpaired) electrons. The molecule has 0 aliphatic carbocycles. The van der Waals surface area contributed by atoms with Crippen LogP contribution in [0.4, 0.5) is 4.79 Å². The average molecular weight is 246 g/mol. The summed E-state index contributed by atoms with van der Waals surface area (Å²) in [5, 5.41) is 10.0. The first-order valence-electron chi connectivity index (χ1n) is 4.79. The number of imide groups is 1. The molecule has 3 amide bonds. The fourth-order valence-electron chi connectivity index (χ4n) is 1.20. The number of nitrogens with one attached hydrogen (secondary N) is 1. The maximum Gasteiger partial charge on any atom is 0.324 e. The summed E-state index contributed by atoms with van der Waals surface area (Å²) < 4.78 is 5.07. The van der Waals surface area contributed by atoms with Crippen LogP contribution in [0.3, 0.4) is 0 Å². The predicted molar refractivity (Wildman–Crippen MR) is 55.8 cm³/mol. The minimum atomic E-state index is -0.767. The zero-order valence-corrected chi connectivity index (χ0v) is 9.53. The molecule has 1 rings (SSSR count). The third-order valence-electron chi connectivity index (χ3n) is 2.09. The Hall–Kier alpha value is -1.32. The zero-order valence-electron chi connectivity index (χ0n) is 8.77. The SMILES string of the molecule is CC(Cl)C(=O)NC(=O)N1CCOC(C#N)C1. The fourth-order valence-corrected chi connectivity index (χ4v) is 1.25. The van der Waals surface area contributed by atoms with Gasteiger partial charge in [0.05, 0.1) is 19.2 Å². The Balaban J connectivity index is 2.48. The molecule has 1 heterocycles. The van der Waals surface area contributed by atoms with Gasteiger partial charge in [-0.3, -0.25) is 10.1 Å². The first-order valence-corrected chi connectivity index (χ1v) is 5.23. The van der Waals surface area contributed by atoms with Gasteiger partial charge in [-0.05, 0) is 6.92 Å². The Kier molecular flexibility index (Phi) is 4.52. The van der Waals surface area contributed by atoms with Crippen molar-refractivity contribution in [2.24, 2.45) is 0 Å². The third-order valence-corrected chi connectivity index (χ3v) is 2.29. The maximum absolute atomic E-state index is 11.5. The van der Waals surface area contributed by atoms with E-state index in [0.29, 0.717) is 6.54 Å². The van der Waals surface area contributed by atoms with Gasteiger partial charge in [-0.2, -0.15) is 5.26 Å². The molecule has 1 fully saturated rings. The van der Waals surface area contributed by atoms with Crippen LogP contribution in [0.1, 0.15) is 6.92 Å². The van der Waals surface area contributed by atoms with Crippen molar-refractivity contribution in [2.45, 2.75) is 18.4 Å². The van der Waals surface area contributed by atoms with Gasteiger partial charge in [0, 0.05) is 6.54 Å². The molecule has 0 aromatic heterocycles. The molecule has 2 atom stereocenters. The van der Waals surface area contributed by atoms with E-state index in [4.69, 9.17) is 21.6 Å². The van der Waals surface area contributed by atoms with Crippen molar-refractivity contribution in [2.75, 3.05) is 19.7 Å². The van der Waals surface area contributed by atoms with Crippen molar-refractivity contribution in [1.82, 2.24) is 10.2 Å². The van der Waals surface area contributed by atoms with E-state index >= 15 is 0 Å². The van der Waals surface area contributed by atoms with Crippen LogP contribution in [0, 0.1) is 11.3 Å². The number of hydrogen-bond donors (Lipinski definition) is 1. The van der Waals surface area contributed by atoms with E-state index in [1.807, 2.05) is 6.07 Å². The number of urea groups is 1. The van der Waals surface area contributed by atoms with Crippen LogP contribution in [0.5, 0.6) is 0 Å². The fraction of sp³-hybridized carbons (Fsp3) is 0.667. The Labute approximate surface area is 98.1 Å². The van der Waals surface area contributed by atoms with Gasteiger partial charge in [0.2, 0.25) is 5.91 Å². The number of carbonyl (C=O) groups is 2. The second kappa shape index (κ2) is 5.68. The summed E-state index contributed by atoms with van der Waals surface area (Å²) in [7, 11) is 0. The number of morpholine rings is 1. The normalized spacial score (nSPS) is 22.1. The van der Waals surface area contributed by atoms with E-state index in [1.165, 1.54) is 11.8 Å². The smallest absolute Gasteiger partial charge is 0.324 e. The second-order valence-electron chi connectivity index (χ2n) is 3.34. The Morgan fingerprint density at radius 2 is 2.38 bits per heavy atom. The van der Waals surface area contributed by atoms with Gasteiger partial charge in [0.15, 0.2) is 6.10 Å². The van der Waals surface area contributed by atoms with Crippen molar-refractivity contribution in [3.63, 3.8) is 0 Å². The number of alkyl halides is 1. The number of halogens is 1. The van der Waals surface area contributed by atoms with Gasteiger partial charge >= 0.3 is 6.03 Å². The molecule has 0 aromatic rings. The van der Waals surface area contributed by atoms with Gasteiger partial charge in [-0.15, -0.1) is 11.6 Å². The predicted octanol–water partition coefficient (Wildman–Crippen LogP) is 0.0743. The first-order chi connectivity index (χ1) is 7.54. The number of nitriles is 1. The number of amides is 3. The minimum Gasteiger partial charge on any atom is -0.360 e. The van der Waals surface area contributed by atoms with Crippen LogP contribution in [0.15, 0.2) is 0 Å². The minimum absolute atomic E-state index is 0.159. The highest BCUT2D eigenvalue weighted by atomic mass is 35.5. The molecule has 1 N–H and O–H groups in total. The number of ether oxygens (including phenoxy) is 1. The van der Waals surface area contributed by atoms with Crippen LogP contribution < -0.4 is 5.32 Å². The molecule has 0 bridgehead atoms. The highest BCUT2D eigenvalue weighted by molar-refractivity contribution is 6.31. The van der Waals surface area contributed by atoms with Crippen molar-refractivity contribution < 1.29 is 14.3 Å².